The quantitative estimate of drug-likeness (QED) is 0.599. The van der Waals surface area contributed by atoms with Gasteiger partial charge in [-0.25, -0.2) is 9.59 Å². The van der Waals surface area contributed by atoms with Gasteiger partial charge < -0.3 is 14.8 Å². The number of anilines is 2. The summed E-state index contributed by atoms with van der Waals surface area (Å²) in [6.07, 6.45) is -0.551. The molecule has 136 valence electrons. The van der Waals surface area contributed by atoms with Gasteiger partial charge in [-0.05, 0) is 36.4 Å². The van der Waals surface area contributed by atoms with E-state index >= 15 is 0 Å². The summed E-state index contributed by atoms with van der Waals surface area (Å²) in [6, 6.07) is 13.1. The number of para-hydroxylation sites is 1. The maximum absolute atomic E-state index is 12.4. The lowest BCUT2D eigenvalue weighted by Gasteiger charge is -2.13. The van der Waals surface area contributed by atoms with Gasteiger partial charge in [0.15, 0.2) is 0 Å². The molecule has 0 aromatic heterocycles. The molecule has 1 unspecified atom stereocenters. The van der Waals surface area contributed by atoms with Gasteiger partial charge >= 0.3 is 11.9 Å². The third-order valence-corrected chi connectivity index (χ3v) is 4.36. The molecule has 8 heteroatoms. The molecule has 1 atom stereocenters. The molecule has 0 spiro atoms. The number of nitrogens with one attached hydrogen (secondary N) is 1. The van der Waals surface area contributed by atoms with Crippen LogP contribution in [0.5, 0.6) is 0 Å². The molecule has 5 nitrogen and oxygen atoms in total. The summed E-state index contributed by atoms with van der Waals surface area (Å²) in [7, 11) is 0. The predicted octanol–water partition coefficient (Wildman–Crippen LogP) is 4.22. The Morgan fingerprint density at radius 1 is 1.19 bits per heavy atom. The number of esters is 2. The van der Waals surface area contributed by atoms with E-state index < -0.39 is 23.8 Å². The van der Waals surface area contributed by atoms with Crippen molar-refractivity contribution in [3.63, 3.8) is 0 Å². The van der Waals surface area contributed by atoms with Crippen LogP contribution in [-0.4, -0.2) is 30.4 Å². The number of benzene rings is 2. The Hall–Kier alpha value is -2.61. The van der Waals surface area contributed by atoms with Crippen LogP contribution >= 0.6 is 11.8 Å². The molecule has 1 heterocycles. The minimum Gasteiger partial charge on any atom is -0.463 e. The molecule has 1 fully saturated rings. The molecular weight excluding hydrogens is 364 g/mol. The first-order chi connectivity index (χ1) is 12.5. The molecule has 2 aromatic rings. The second kappa shape index (κ2) is 8.18. The third-order valence-electron chi connectivity index (χ3n) is 3.64. The fraction of sp³-hybridized carbons (Fsp3) is 0.222. The largest absolute Gasteiger partial charge is 0.463 e. The minimum absolute atomic E-state index is 0.236. The van der Waals surface area contributed by atoms with E-state index in [0.29, 0.717) is 34.5 Å². The van der Waals surface area contributed by atoms with E-state index in [2.05, 4.69) is 5.32 Å². The second-order valence-electron chi connectivity index (χ2n) is 5.42. The van der Waals surface area contributed by atoms with Crippen molar-refractivity contribution in [1.29, 1.82) is 0 Å². The van der Waals surface area contributed by atoms with Gasteiger partial charge in [-0.3, -0.25) is 0 Å². The summed E-state index contributed by atoms with van der Waals surface area (Å²) >= 11 is 0.460. The third kappa shape index (κ3) is 4.51. The van der Waals surface area contributed by atoms with Gasteiger partial charge in [-0.1, -0.05) is 23.9 Å². The Bertz CT molecular complexity index is 798. The number of hydrogen-bond acceptors (Lipinski definition) is 6. The van der Waals surface area contributed by atoms with E-state index in [9.17, 15) is 18.4 Å². The van der Waals surface area contributed by atoms with Crippen LogP contribution in [0.2, 0.25) is 0 Å². The SMILES string of the molecule is O=C(OC1CCOC1=O)c1ccccc1Nc1ccc(SC(F)F)cc1. The monoisotopic (exact) mass is 379 g/mol. The lowest BCUT2D eigenvalue weighted by molar-refractivity contribution is -0.145. The van der Waals surface area contributed by atoms with E-state index in [0.717, 1.165) is 0 Å². The average Bonchev–Trinajstić information content (AvgIpc) is 3.01. The molecule has 0 saturated carbocycles. The highest BCUT2D eigenvalue weighted by molar-refractivity contribution is 7.99. The van der Waals surface area contributed by atoms with Crippen molar-refractivity contribution in [1.82, 2.24) is 0 Å². The van der Waals surface area contributed by atoms with Crippen LogP contribution in [0.3, 0.4) is 0 Å². The van der Waals surface area contributed by atoms with Crippen LogP contribution in [0.1, 0.15) is 16.8 Å². The molecule has 0 amide bonds. The van der Waals surface area contributed by atoms with E-state index in [1.54, 1.807) is 48.5 Å². The van der Waals surface area contributed by atoms with Crippen molar-refractivity contribution >= 4 is 35.1 Å². The number of rotatable bonds is 6. The zero-order valence-electron chi connectivity index (χ0n) is 13.5. The second-order valence-corrected chi connectivity index (χ2v) is 6.49. The molecular formula is C18H15F2NO4S. The van der Waals surface area contributed by atoms with Gasteiger partial charge in [-0.15, -0.1) is 0 Å². The van der Waals surface area contributed by atoms with Gasteiger partial charge in [0.25, 0.3) is 5.76 Å². The van der Waals surface area contributed by atoms with E-state index in [4.69, 9.17) is 9.47 Å². The van der Waals surface area contributed by atoms with Crippen LogP contribution in [0.15, 0.2) is 53.4 Å². The Balaban J connectivity index is 1.72. The van der Waals surface area contributed by atoms with Crippen molar-refractivity contribution < 1.29 is 27.8 Å². The lowest BCUT2D eigenvalue weighted by Crippen LogP contribution is -2.23. The molecule has 0 radical (unpaired) electrons. The van der Waals surface area contributed by atoms with E-state index in [1.165, 1.54) is 0 Å². The van der Waals surface area contributed by atoms with Crippen LogP contribution in [0.4, 0.5) is 20.2 Å². The summed E-state index contributed by atoms with van der Waals surface area (Å²) in [4.78, 5) is 24.3. The maximum Gasteiger partial charge on any atom is 0.347 e. The van der Waals surface area contributed by atoms with Crippen LogP contribution in [-0.2, 0) is 14.3 Å². The smallest absolute Gasteiger partial charge is 0.347 e. The summed E-state index contributed by atoms with van der Waals surface area (Å²) in [5.41, 5.74) is 1.38. The van der Waals surface area contributed by atoms with Crippen molar-refractivity contribution in [3.05, 3.63) is 54.1 Å². The molecule has 1 aliphatic heterocycles. The topological polar surface area (TPSA) is 64.6 Å². The zero-order valence-corrected chi connectivity index (χ0v) is 14.3. The first-order valence-corrected chi connectivity index (χ1v) is 8.69. The standard InChI is InChI=1S/C18H15F2NO4S/c19-18(20)26-12-7-5-11(6-8-12)21-14-4-2-1-3-13(14)16(22)25-15-9-10-24-17(15)23/h1-8,15,18,21H,9-10H2. The molecule has 0 bridgehead atoms. The normalized spacial score (nSPS) is 16.4. The molecule has 0 aliphatic carbocycles. The maximum atomic E-state index is 12.4. The summed E-state index contributed by atoms with van der Waals surface area (Å²) < 4.78 is 34.7. The van der Waals surface area contributed by atoms with Gasteiger partial charge in [0.1, 0.15) is 0 Å². The zero-order chi connectivity index (χ0) is 18.5. The molecule has 26 heavy (non-hydrogen) atoms. The summed E-state index contributed by atoms with van der Waals surface area (Å²) in [5.74, 6) is -3.66. The average molecular weight is 379 g/mol. The van der Waals surface area contributed by atoms with Crippen LogP contribution in [0, 0.1) is 0 Å². The van der Waals surface area contributed by atoms with Gasteiger partial charge in [0, 0.05) is 17.0 Å². The summed E-state index contributed by atoms with van der Waals surface area (Å²) in [5, 5.41) is 3.06. The number of thioether (sulfide) groups is 1. The Morgan fingerprint density at radius 3 is 2.58 bits per heavy atom. The van der Waals surface area contributed by atoms with Crippen molar-refractivity contribution in [3.8, 4) is 0 Å². The lowest BCUT2D eigenvalue weighted by atomic mass is 10.1. The number of cyclic esters (lactones) is 1. The molecule has 2 aromatic carbocycles. The van der Waals surface area contributed by atoms with Crippen molar-refractivity contribution in [2.45, 2.75) is 23.2 Å². The van der Waals surface area contributed by atoms with Crippen molar-refractivity contribution in [2.75, 3.05) is 11.9 Å². The number of ether oxygens (including phenoxy) is 2. The molecule has 1 N–H and O–H groups in total. The van der Waals surface area contributed by atoms with E-state index in [-0.39, 0.29) is 12.2 Å². The molecule has 3 rings (SSSR count). The van der Waals surface area contributed by atoms with Gasteiger partial charge in [0.05, 0.1) is 17.9 Å². The highest BCUT2D eigenvalue weighted by Crippen LogP contribution is 2.28. The Morgan fingerprint density at radius 2 is 1.92 bits per heavy atom. The number of carbonyl (C=O) groups is 2. The highest BCUT2D eigenvalue weighted by atomic mass is 32.2. The van der Waals surface area contributed by atoms with Crippen molar-refractivity contribution in [2.24, 2.45) is 0 Å². The number of hydrogen-bond donors (Lipinski definition) is 1. The Labute approximate surface area is 152 Å². The fourth-order valence-corrected chi connectivity index (χ4v) is 2.92. The number of carbonyl (C=O) groups excluding carboxylic acids is 2. The highest BCUT2D eigenvalue weighted by Gasteiger charge is 2.31. The van der Waals surface area contributed by atoms with Crippen LogP contribution < -0.4 is 5.32 Å². The fourth-order valence-electron chi connectivity index (χ4n) is 2.42. The predicted molar refractivity (Wildman–Crippen MR) is 92.8 cm³/mol. The van der Waals surface area contributed by atoms with Crippen LogP contribution in [0.25, 0.3) is 0 Å². The minimum atomic E-state index is -2.48. The Kier molecular flexibility index (Phi) is 5.72. The number of halogens is 2. The summed E-state index contributed by atoms with van der Waals surface area (Å²) in [6.45, 7) is 0.236. The van der Waals surface area contributed by atoms with Gasteiger partial charge in [0.2, 0.25) is 6.10 Å². The molecule has 1 aliphatic rings. The van der Waals surface area contributed by atoms with Gasteiger partial charge in [-0.2, -0.15) is 8.78 Å². The molecule has 1 saturated heterocycles. The number of alkyl halides is 2. The first kappa shape index (κ1) is 18.2. The van der Waals surface area contributed by atoms with E-state index in [1.807, 2.05) is 0 Å². The first-order valence-electron chi connectivity index (χ1n) is 7.81.